The lowest BCUT2D eigenvalue weighted by Crippen LogP contribution is -2.18. The van der Waals surface area contributed by atoms with Crippen molar-refractivity contribution in [2.24, 2.45) is 0 Å². The van der Waals surface area contributed by atoms with E-state index in [2.05, 4.69) is 164 Å². The Balaban J connectivity index is 0.000000200. The van der Waals surface area contributed by atoms with Gasteiger partial charge in [0.2, 0.25) is 0 Å². The summed E-state index contributed by atoms with van der Waals surface area (Å²) in [4.78, 5) is 2.32. The minimum absolute atomic E-state index is 0.972. The normalized spacial score (nSPS) is 11.8. The predicted molar refractivity (Wildman–Crippen MR) is 195 cm³/mol. The van der Waals surface area contributed by atoms with Gasteiger partial charge in [0.15, 0.2) is 0 Å². The maximum atomic E-state index is 5.73. The third-order valence-corrected chi connectivity index (χ3v) is 8.23. The second kappa shape index (κ2) is 13.4. The minimum atomic E-state index is 0.972. The molecule has 1 heterocycles. The van der Waals surface area contributed by atoms with Crippen molar-refractivity contribution in [3.8, 4) is 22.3 Å². The van der Waals surface area contributed by atoms with Crippen molar-refractivity contribution in [3.63, 3.8) is 0 Å². The van der Waals surface area contributed by atoms with Crippen LogP contribution < -0.4 is 15.5 Å². The number of allylic oxidation sites excluding steroid dienone is 2. The van der Waals surface area contributed by atoms with E-state index < -0.39 is 0 Å². The Labute approximate surface area is 270 Å². The van der Waals surface area contributed by atoms with Gasteiger partial charge in [-0.15, -0.1) is 0 Å². The van der Waals surface area contributed by atoms with Crippen molar-refractivity contribution < 1.29 is 4.42 Å². The standard InChI is InChI=1S/C31H25N.C13H10O/c1-24-9-8-14-31(23-24)32(29-19-15-27(16-20-29)25-10-4-2-5-11-25)30-21-17-28(18-22-30)26-12-6-3-7-13-26;1-2-6-10-11-7-4-5-9-13(11)14-12(10)8-3-1/h2-23H,1H3;1,3-9H,2H2. The highest BCUT2D eigenvalue weighted by Crippen LogP contribution is 2.37. The molecule has 0 fully saturated rings. The Morgan fingerprint density at radius 3 is 1.70 bits per heavy atom. The molecule has 2 nitrogen and oxygen atoms in total. The Hall–Kier alpha value is -5.86. The fraction of sp³-hybridized carbons (Fsp3) is 0.0455. The highest BCUT2D eigenvalue weighted by Gasteiger charge is 2.13. The van der Waals surface area contributed by atoms with Gasteiger partial charge in [-0.1, -0.05) is 133 Å². The minimum Gasteiger partial charge on any atom is -0.456 e. The van der Waals surface area contributed by atoms with Crippen LogP contribution in [0.15, 0.2) is 174 Å². The van der Waals surface area contributed by atoms with Gasteiger partial charge in [0.25, 0.3) is 0 Å². The van der Waals surface area contributed by atoms with Crippen LogP contribution in [0.1, 0.15) is 12.0 Å². The number of hydrogen-bond acceptors (Lipinski definition) is 2. The number of benzene rings is 6. The number of aryl methyl sites for hydroxylation is 1. The van der Waals surface area contributed by atoms with Gasteiger partial charge in [-0.05, 0) is 89.7 Å². The molecule has 0 aliphatic heterocycles. The average molecular weight is 594 g/mol. The second-order valence-corrected chi connectivity index (χ2v) is 11.4. The summed E-state index contributed by atoms with van der Waals surface area (Å²) < 4.78 is 5.73. The van der Waals surface area contributed by atoms with E-state index in [0.717, 1.165) is 34.5 Å². The smallest absolute Gasteiger partial charge is 0.135 e. The molecule has 1 aromatic heterocycles. The number of anilines is 3. The van der Waals surface area contributed by atoms with Gasteiger partial charge in [-0.25, -0.2) is 0 Å². The quantitative estimate of drug-likeness (QED) is 0.197. The fourth-order valence-electron chi connectivity index (χ4n) is 5.92. The summed E-state index contributed by atoms with van der Waals surface area (Å²) in [6, 6.07) is 55.5. The zero-order valence-corrected chi connectivity index (χ0v) is 25.9. The first-order valence-electron chi connectivity index (χ1n) is 15.8. The molecule has 0 saturated heterocycles. The van der Waals surface area contributed by atoms with Crippen LogP contribution in [-0.2, 0) is 0 Å². The number of nitrogens with zero attached hydrogens (tertiary/aromatic N) is 1. The summed E-state index contributed by atoms with van der Waals surface area (Å²) in [5, 5.41) is 2.44. The van der Waals surface area contributed by atoms with Crippen molar-refractivity contribution in [2.75, 3.05) is 4.90 Å². The average Bonchev–Trinajstić information content (AvgIpc) is 3.30. The first-order chi connectivity index (χ1) is 22.7. The lowest BCUT2D eigenvalue weighted by molar-refractivity contribution is 0.576. The second-order valence-electron chi connectivity index (χ2n) is 11.4. The molecule has 0 atom stereocenters. The van der Waals surface area contributed by atoms with Gasteiger partial charge in [0, 0.05) is 27.7 Å². The predicted octanol–water partition coefficient (Wildman–Crippen LogP) is 10.8. The van der Waals surface area contributed by atoms with Crippen LogP contribution in [0.3, 0.4) is 0 Å². The summed E-state index contributed by atoms with van der Waals surface area (Å²) in [6.07, 6.45) is 9.39. The Morgan fingerprint density at radius 2 is 1.09 bits per heavy atom. The summed E-state index contributed by atoms with van der Waals surface area (Å²) in [5.41, 5.74) is 11.5. The molecule has 0 spiro atoms. The molecule has 1 aliphatic carbocycles. The van der Waals surface area contributed by atoms with Crippen LogP contribution in [0, 0.1) is 6.92 Å². The van der Waals surface area contributed by atoms with Crippen LogP contribution in [0.25, 0.3) is 45.4 Å². The number of para-hydroxylation sites is 1. The van der Waals surface area contributed by atoms with E-state index in [0.29, 0.717) is 0 Å². The lowest BCUT2D eigenvalue weighted by atomic mass is 10.0. The van der Waals surface area contributed by atoms with Crippen LogP contribution >= 0.6 is 0 Å². The molecule has 0 radical (unpaired) electrons. The van der Waals surface area contributed by atoms with Crippen LogP contribution in [0.4, 0.5) is 17.1 Å². The molecule has 0 N–H and O–H groups in total. The number of rotatable bonds is 5. The topological polar surface area (TPSA) is 16.4 Å². The van der Waals surface area contributed by atoms with E-state index in [1.807, 2.05) is 30.4 Å². The van der Waals surface area contributed by atoms with Crippen molar-refractivity contribution in [2.45, 2.75) is 13.3 Å². The molecule has 0 amide bonds. The van der Waals surface area contributed by atoms with Crippen molar-refractivity contribution >= 4 is 40.2 Å². The zero-order chi connectivity index (χ0) is 31.1. The van der Waals surface area contributed by atoms with Gasteiger partial charge in [0.1, 0.15) is 11.0 Å². The van der Waals surface area contributed by atoms with E-state index in [-0.39, 0.29) is 0 Å². The van der Waals surface area contributed by atoms with Crippen LogP contribution in [0.2, 0.25) is 0 Å². The molecule has 0 unspecified atom stereocenters. The first kappa shape index (κ1) is 28.9. The highest BCUT2D eigenvalue weighted by atomic mass is 16.3. The van der Waals surface area contributed by atoms with E-state index in [9.17, 15) is 0 Å². The third-order valence-electron chi connectivity index (χ3n) is 8.23. The van der Waals surface area contributed by atoms with Crippen molar-refractivity contribution in [3.05, 3.63) is 186 Å². The molecule has 6 aromatic carbocycles. The molecule has 0 bridgehead atoms. The van der Waals surface area contributed by atoms with Crippen LogP contribution in [0.5, 0.6) is 0 Å². The number of fused-ring (bicyclic) bond motifs is 3. The van der Waals surface area contributed by atoms with E-state index in [1.165, 1.54) is 38.4 Å². The molecule has 0 saturated carbocycles. The lowest BCUT2D eigenvalue weighted by Gasteiger charge is -2.26. The molecular weight excluding hydrogens is 558 g/mol. The molecule has 7 aromatic rings. The van der Waals surface area contributed by atoms with Gasteiger partial charge >= 0.3 is 0 Å². The third kappa shape index (κ3) is 6.33. The van der Waals surface area contributed by atoms with E-state index >= 15 is 0 Å². The highest BCUT2D eigenvalue weighted by molar-refractivity contribution is 5.81. The maximum absolute atomic E-state index is 5.73. The van der Waals surface area contributed by atoms with E-state index in [1.54, 1.807) is 0 Å². The molecular formula is C44H35NO. The fourth-order valence-corrected chi connectivity index (χ4v) is 5.92. The monoisotopic (exact) mass is 593 g/mol. The maximum Gasteiger partial charge on any atom is 0.135 e. The summed E-state index contributed by atoms with van der Waals surface area (Å²) in [5.74, 6) is 0. The number of hydrogen-bond donors (Lipinski definition) is 0. The summed E-state index contributed by atoms with van der Waals surface area (Å²) >= 11 is 0. The molecule has 222 valence electrons. The Morgan fingerprint density at radius 1 is 0.522 bits per heavy atom. The van der Waals surface area contributed by atoms with Gasteiger partial charge in [-0.2, -0.15) is 0 Å². The molecule has 46 heavy (non-hydrogen) atoms. The summed E-state index contributed by atoms with van der Waals surface area (Å²) in [7, 11) is 0. The molecule has 8 rings (SSSR count). The van der Waals surface area contributed by atoms with Gasteiger partial charge in [-0.3, -0.25) is 0 Å². The van der Waals surface area contributed by atoms with E-state index in [4.69, 9.17) is 4.42 Å². The first-order valence-corrected chi connectivity index (χ1v) is 15.8. The number of furan rings is 1. The van der Waals surface area contributed by atoms with Crippen molar-refractivity contribution in [1.29, 1.82) is 0 Å². The molecule has 2 heteroatoms. The van der Waals surface area contributed by atoms with Crippen LogP contribution in [-0.4, -0.2) is 0 Å². The molecule has 1 aliphatic rings. The Kier molecular flexibility index (Phi) is 8.43. The Bertz CT molecular complexity index is 2130. The SMILES string of the molecule is C1=CCC=c2c(oc3ccccc23)=C1.Cc1cccc(N(c2ccc(-c3ccccc3)cc2)c2ccc(-c3ccccc3)cc2)c1. The van der Waals surface area contributed by atoms with Crippen molar-refractivity contribution in [1.82, 2.24) is 0 Å². The largest absolute Gasteiger partial charge is 0.456 e. The summed E-state index contributed by atoms with van der Waals surface area (Å²) in [6.45, 7) is 2.14. The van der Waals surface area contributed by atoms with Gasteiger partial charge < -0.3 is 9.32 Å². The zero-order valence-electron chi connectivity index (χ0n) is 25.9. The van der Waals surface area contributed by atoms with Gasteiger partial charge in [0.05, 0.1) is 0 Å².